The molecule has 2 heterocycles. The lowest BCUT2D eigenvalue weighted by Gasteiger charge is -2.54. The number of carbonyl (C=O) groups excluding carboxylic acids is 2. The molecule has 13 heteroatoms. The molecule has 6 aliphatic rings. The third-order valence-corrected chi connectivity index (χ3v) is 12.2. The molecule has 2 aliphatic heterocycles. The van der Waals surface area contributed by atoms with Crippen molar-refractivity contribution in [2.24, 2.45) is 29.6 Å². The maximum Gasteiger partial charge on any atom is 0.293 e. The van der Waals surface area contributed by atoms with Gasteiger partial charge in [-0.05, 0) is 105 Å². The Hall–Kier alpha value is -3.71. The van der Waals surface area contributed by atoms with Gasteiger partial charge in [0.15, 0.2) is 0 Å². The summed E-state index contributed by atoms with van der Waals surface area (Å²) in [6, 6.07) is 10.2. The van der Waals surface area contributed by atoms with E-state index in [1.54, 1.807) is 24.3 Å². The van der Waals surface area contributed by atoms with Gasteiger partial charge in [-0.1, -0.05) is 0 Å². The number of hydrogen-bond donors (Lipinski definition) is 2. The van der Waals surface area contributed by atoms with Crippen LogP contribution in [0.5, 0.6) is 0 Å². The summed E-state index contributed by atoms with van der Waals surface area (Å²) in [6.45, 7) is 3.80. The van der Waals surface area contributed by atoms with Crippen molar-refractivity contribution in [2.75, 3.05) is 49.6 Å². The Balaban J connectivity index is 0.950. The molecule has 4 bridgehead atoms. The minimum atomic E-state index is -4.37. The summed E-state index contributed by atoms with van der Waals surface area (Å²) in [5.41, 5.74) is 0.876. The first-order valence-corrected chi connectivity index (χ1v) is 18.0. The summed E-state index contributed by atoms with van der Waals surface area (Å²) < 4.78 is 33.5. The van der Waals surface area contributed by atoms with E-state index in [0.29, 0.717) is 70.0 Å². The lowest BCUT2D eigenvalue weighted by atomic mass is 9.51. The molecule has 8 rings (SSSR count). The molecule has 12 nitrogen and oxygen atoms in total. The zero-order chi connectivity index (χ0) is 32.0. The summed E-state index contributed by atoms with van der Waals surface area (Å²) in [4.78, 5) is 41.5. The summed E-state index contributed by atoms with van der Waals surface area (Å²) in [6.07, 6.45) is 7.65. The van der Waals surface area contributed by atoms with Crippen LogP contribution >= 0.6 is 0 Å². The molecule has 2 aromatic rings. The summed E-state index contributed by atoms with van der Waals surface area (Å²) in [5, 5.41) is 14.9. The van der Waals surface area contributed by atoms with E-state index in [4.69, 9.17) is 4.74 Å². The van der Waals surface area contributed by atoms with Gasteiger partial charge in [0, 0.05) is 68.7 Å². The molecule has 0 aromatic heterocycles. The van der Waals surface area contributed by atoms with Crippen molar-refractivity contribution in [3.8, 4) is 0 Å². The van der Waals surface area contributed by atoms with Crippen molar-refractivity contribution in [1.29, 1.82) is 0 Å². The quantitative estimate of drug-likeness (QED) is 0.319. The van der Waals surface area contributed by atoms with Crippen LogP contribution in [0, 0.1) is 39.7 Å². The van der Waals surface area contributed by atoms with Crippen LogP contribution in [0.25, 0.3) is 0 Å². The molecule has 0 atom stereocenters. The number of hydrogen-bond acceptors (Lipinski definition) is 9. The Morgan fingerprint density at radius 1 is 0.870 bits per heavy atom. The lowest BCUT2D eigenvalue weighted by molar-refractivity contribution is -0.384. The Morgan fingerprint density at radius 3 is 2.11 bits per heavy atom. The maximum atomic E-state index is 13.6. The van der Waals surface area contributed by atoms with Crippen LogP contribution in [0.15, 0.2) is 47.4 Å². The van der Waals surface area contributed by atoms with Crippen LogP contribution in [0.1, 0.15) is 55.3 Å². The van der Waals surface area contributed by atoms with Crippen LogP contribution in [-0.2, 0) is 19.6 Å². The number of piperazine rings is 1. The molecular formula is C33H41N5O7S. The first kappa shape index (κ1) is 30.9. The van der Waals surface area contributed by atoms with Crippen molar-refractivity contribution in [1.82, 2.24) is 9.62 Å². The van der Waals surface area contributed by atoms with Crippen molar-refractivity contribution >= 4 is 38.9 Å². The number of amides is 2. The van der Waals surface area contributed by atoms with Crippen molar-refractivity contribution in [3.63, 3.8) is 0 Å². The molecule has 0 spiro atoms. The lowest BCUT2D eigenvalue weighted by Crippen LogP contribution is -2.56. The largest absolute Gasteiger partial charge is 0.381 e. The van der Waals surface area contributed by atoms with Crippen LogP contribution in [-0.4, -0.2) is 75.5 Å². The zero-order valence-corrected chi connectivity index (χ0v) is 26.6. The second kappa shape index (κ2) is 12.5. The zero-order valence-electron chi connectivity index (χ0n) is 25.8. The number of benzene rings is 2. The van der Waals surface area contributed by atoms with Crippen molar-refractivity contribution < 1.29 is 27.7 Å². The highest BCUT2D eigenvalue weighted by atomic mass is 32.2. The number of carbonyl (C=O) groups is 2. The van der Waals surface area contributed by atoms with Crippen LogP contribution < -0.4 is 14.9 Å². The van der Waals surface area contributed by atoms with Gasteiger partial charge in [0.2, 0.25) is 5.91 Å². The highest BCUT2D eigenvalue weighted by Crippen LogP contribution is 2.57. The van der Waals surface area contributed by atoms with Crippen LogP contribution in [0.3, 0.4) is 0 Å². The number of anilines is 2. The monoisotopic (exact) mass is 651 g/mol. The Labute approximate surface area is 269 Å². The highest BCUT2D eigenvalue weighted by molar-refractivity contribution is 7.90. The molecule has 2 aromatic carbocycles. The second-order valence-corrected chi connectivity index (χ2v) is 15.4. The molecule has 4 saturated carbocycles. The third-order valence-electron chi connectivity index (χ3n) is 10.9. The van der Waals surface area contributed by atoms with Gasteiger partial charge in [0.1, 0.15) is 5.69 Å². The normalized spacial score (nSPS) is 27.8. The molecular weight excluding hydrogens is 610 g/mol. The molecule has 46 heavy (non-hydrogen) atoms. The fourth-order valence-electron chi connectivity index (χ4n) is 8.80. The van der Waals surface area contributed by atoms with Crippen molar-refractivity contribution in [3.05, 3.63) is 58.1 Å². The fraction of sp³-hybridized carbons (Fsp3) is 0.576. The van der Waals surface area contributed by atoms with E-state index in [9.17, 15) is 28.1 Å². The van der Waals surface area contributed by atoms with E-state index in [-0.39, 0.29) is 33.8 Å². The van der Waals surface area contributed by atoms with Gasteiger partial charge < -0.3 is 19.9 Å². The van der Waals surface area contributed by atoms with Crippen LogP contribution in [0.2, 0.25) is 0 Å². The van der Waals surface area contributed by atoms with E-state index >= 15 is 0 Å². The van der Waals surface area contributed by atoms with E-state index in [2.05, 4.69) is 10.2 Å². The average molecular weight is 652 g/mol. The summed E-state index contributed by atoms with van der Waals surface area (Å²) in [7, 11) is -4.37. The number of nitro groups is 1. The Bertz CT molecular complexity index is 1570. The standard InChI is InChI=1S/C33H41N5O7S/c39-32(35-46(43,44)28-5-6-29(30(20-28)38(41)42)34-26-7-13-45-14-8-26)23-1-3-27(4-2-23)36-9-11-37(12-10-36)33(40)31-24-16-21-15-22(18-24)19-25(31)17-21/h1-6,20-22,24-26,31,34H,7-19H2,(H,35,39). The predicted octanol–water partition coefficient (Wildman–Crippen LogP) is 4.03. The van der Waals surface area contributed by atoms with Gasteiger partial charge in [-0.25, -0.2) is 13.1 Å². The van der Waals surface area contributed by atoms with E-state index in [1.807, 2.05) is 9.62 Å². The number of ether oxygens (including phenoxy) is 1. The molecule has 2 amide bonds. The van der Waals surface area contributed by atoms with E-state index < -0.39 is 20.9 Å². The Kier molecular flexibility index (Phi) is 8.39. The van der Waals surface area contributed by atoms with Gasteiger partial charge in [-0.15, -0.1) is 0 Å². The maximum absolute atomic E-state index is 13.6. The van der Waals surface area contributed by atoms with Crippen LogP contribution in [0.4, 0.5) is 17.1 Å². The SMILES string of the molecule is O=C(NS(=O)(=O)c1ccc(NC2CCOCC2)c([N+](=O)[O-])c1)c1ccc(N2CCN(C(=O)C3C4CC5CC(C4)CC3C5)CC2)cc1. The Morgan fingerprint density at radius 2 is 1.50 bits per heavy atom. The number of nitrogens with one attached hydrogen (secondary N) is 2. The smallest absolute Gasteiger partial charge is 0.293 e. The molecule has 4 aliphatic carbocycles. The highest BCUT2D eigenvalue weighted by Gasteiger charge is 2.51. The van der Waals surface area contributed by atoms with Gasteiger partial charge in [-0.3, -0.25) is 19.7 Å². The van der Waals surface area contributed by atoms with Gasteiger partial charge in [0.05, 0.1) is 9.82 Å². The molecule has 6 fully saturated rings. The first-order valence-electron chi connectivity index (χ1n) is 16.5. The fourth-order valence-corrected chi connectivity index (χ4v) is 9.80. The van der Waals surface area contributed by atoms with Gasteiger partial charge >= 0.3 is 0 Å². The minimum Gasteiger partial charge on any atom is -0.381 e. The molecule has 0 radical (unpaired) electrons. The average Bonchev–Trinajstić information content (AvgIpc) is 3.04. The van der Waals surface area contributed by atoms with E-state index in [1.165, 1.54) is 44.2 Å². The summed E-state index contributed by atoms with van der Waals surface area (Å²) in [5.74, 6) is 2.53. The molecule has 246 valence electrons. The minimum absolute atomic E-state index is 0.0180. The second-order valence-electron chi connectivity index (χ2n) is 13.7. The van der Waals surface area contributed by atoms with Gasteiger partial charge in [-0.2, -0.15) is 0 Å². The van der Waals surface area contributed by atoms with Gasteiger partial charge in [0.25, 0.3) is 21.6 Å². The molecule has 2 N–H and O–H groups in total. The summed E-state index contributed by atoms with van der Waals surface area (Å²) >= 11 is 0. The predicted molar refractivity (Wildman–Crippen MR) is 171 cm³/mol. The number of nitrogens with zero attached hydrogens (tertiary/aromatic N) is 3. The molecule has 2 saturated heterocycles. The van der Waals surface area contributed by atoms with E-state index in [0.717, 1.165) is 23.6 Å². The third kappa shape index (κ3) is 6.18. The number of nitro benzene ring substituents is 1. The number of rotatable bonds is 8. The van der Waals surface area contributed by atoms with Crippen molar-refractivity contribution in [2.45, 2.75) is 55.9 Å². The number of sulfonamides is 1. The topological polar surface area (TPSA) is 151 Å². The molecule has 0 unspecified atom stereocenters. The first-order chi connectivity index (χ1) is 22.1.